The minimum atomic E-state index is -1.60. The number of rotatable bonds is 4. The molecule has 0 saturated carbocycles. The number of aliphatic hydroxyl groups is 2. The first-order chi connectivity index (χ1) is 15.3. The number of aliphatic hydroxyl groups excluding tert-OH is 2. The molecule has 0 unspecified atom stereocenters. The second-order valence-electron chi connectivity index (χ2n) is 7.03. The molecule has 12 nitrogen and oxygen atoms in total. The third-order valence-corrected chi connectivity index (χ3v) is 5.28. The summed E-state index contributed by atoms with van der Waals surface area (Å²) in [6.07, 6.45) is -3.25. The molecule has 0 bridgehead atoms. The average molecular weight is 462 g/mol. The van der Waals surface area contributed by atoms with Crippen LogP contribution in [0.15, 0.2) is 36.9 Å². The molecular weight excluding hydrogens is 442 g/mol. The van der Waals surface area contributed by atoms with Gasteiger partial charge < -0.3 is 26.0 Å². The molecule has 3 heterocycles. The number of aromatic nitrogens is 4. The summed E-state index contributed by atoms with van der Waals surface area (Å²) in [4.78, 5) is 38.6. The summed E-state index contributed by atoms with van der Waals surface area (Å²) in [5.41, 5.74) is 6.71. The number of imide groups is 1. The minimum absolute atomic E-state index is 0.00363. The summed E-state index contributed by atoms with van der Waals surface area (Å²) in [5.74, 6) is -0.691. The summed E-state index contributed by atoms with van der Waals surface area (Å²) in [5, 5.41) is 24.0. The van der Waals surface area contributed by atoms with Crippen molar-refractivity contribution in [2.75, 3.05) is 17.6 Å². The maximum absolute atomic E-state index is 13.0. The van der Waals surface area contributed by atoms with Crippen LogP contribution >= 0.6 is 11.6 Å². The van der Waals surface area contributed by atoms with Gasteiger partial charge in [0.15, 0.2) is 23.8 Å². The van der Waals surface area contributed by atoms with E-state index in [1.54, 1.807) is 25.1 Å². The molecule has 1 saturated heterocycles. The summed E-state index contributed by atoms with van der Waals surface area (Å²) in [6.45, 7) is 1.59. The first-order valence-electron chi connectivity index (χ1n) is 9.64. The normalized spacial score (nSPS) is 22.8. The lowest BCUT2D eigenvalue weighted by Gasteiger charge is -2.24. The van der Waals surface area contributed by atoms with Gasteiger partial charge >= 0.3 is 6.03 Å². The van der Waals surface area contributed by atoms with Crippen LogP contribution in [-0.2, 0) is 9.53 Å². The Hall–Kier alpha value is -3.32. The number of fused-ring (bicyclic) bond motifs is 1. The van der Waals surface area contributed by atoms with Gasteiger partial charge in [-0.2, -0.15) is 0 Å². The Labute approximate surface area is 186 Å². The SMILES string of the molecule is CCN(C(=O)Nc1cccc(Cl)c1)C(=O)[C@H]1O[C@@H](n2cnc3c(N)ncnc32)[C@H](O)[C@@H]1O. The van der Waals surface area contributed by atoms with E-state index in [1.165, 1.54) is 23.3 Å². The number of nitrogens with zero attached hydrogens (tertiary/aromatic N) is 5. The van der Waals surface area contributed by atoms with Crippen LogP contribution in [0, 0.1) is 0 Å². The number of nitrogens with two attached hydrogens (primary N) is 1. The molecule has 2 aromatic heterocycles. The van der Waals surface area contributed by atoms with Gasteiger partial charge in [0.1, 0.15) is 24.1 Å². The van der Waals surface area contributed by atoms with E-state index in [4.69, 9.17) is 22.1 Å². The Kier molecular flexibility index (Phi) is 5.93. The fourth-order valence-corrected chi connectivity index (χ4v) is 3.65. The molecule has 168 valence electrons. The van der Waals surface area contributed by atoms with Crippen molar-refractivity contribution in [2.45, 2.75) is 31.5 Å². The number of nitrogens with one attached hydrogen (secondary N) is 1. The van der Waals surface area contributed by atoms with Gasteiger partial charge in [-0.25, -0.2) is 19.7 Å². The van der Waals surface area contributed by atoms with Gasteiger partial charge in [0.2, 0.25) is 0 Å². The molecule has 3 amide bonds. The highest BCUT2D eigenvalue weighted by Gasteiger charge is 2.49. The van der Waals surface area contributed by atoms with Gasteiger partial charge in [0.05, 0.1) is 6.33 Å². The molecule has 0 aliphatic carbocycles. The Morgan fingerprint density at radius 3 is 2.78 bits per heavy atom. The number of carbonyl (C=O) groups excluding carboxylic acids is 2. The Morgan fingerprint density at radius 2 is 2.06 bits per heavy atom. The van der Waals surface area contributed by atoms with Crippen LogP contribution in [0.5, 0.6) is 0 Å². The number of likely N-dealkylation sites (N-methyl/N-ethyl adjacent to an activating group) is 1. The topological polar surface area (TPSA) is 169 Å². The zero-order chi connectivity index (χ0) is 23.0. The highest BCUT2D eigenvalue weighted by Crippen LogP contribution is 2.33. The van der Waals surface area contributed by atoms with Crippen molar-refractivity contribution < 1.29 is 24.5 Å². The number of amides is 3. The molecule has 1 fully saturated rings. The Balaban J connectivity index is 1.55. The van der Waals surface area contributed by atoms with Crippen molar-refractivity contribution in [3.8, 4) is 0 Å². The largest absolute Gasteiger partial charge is 0.387 e. The highest BCUT2D eigenvalue weighted by molar-refractivity contribution is 6.30. The molecular formula is C19H20ClN7O5. The molecule has 3 aromatic rings. The number of carbonyl (C=O) groups is 2. The summed E-state index contributed by atoms with van der Waals surface area (Å²) in [6, 6.07) is 5.69. The van der Waals surface area contributed by atoms with Crippen LogP contribution in [0.4, 0.5) is 16.3 Å². The molecule has 1 aliphatic heterocycles. The molecule has 13 heteroatoms. The zero-order valence-electron chi connectivity index (χ0n) is 16.8. The van der Waals surface area contributed by atoms with E-state index in [1.807, 2.05) is 0 Å². The smallest absolute Gasteiger partial charge is 0.328 e. The lowest BCUT2D eigenvalue weighted by molar-refractivity contribution is -0.145. The lowest BCUT2D eigenvalue weighted by Crippen LogP contribution is -2.49. The highest BCUT2D eigenvalue weighted by atomic mass is 35.5. The Bertz CT molecular complexity index is 1170. The lowest BCUT2D eigenvalue weighted by atomic mass is 10.1. The molecule has 1 aromatic carbocycles. The van der Waals surface area contributed by atoms with Crippen molar-refractivity contribution >= 4 is 46.2 Å². The van der Waals surface area contributed by atoms with Crippen LogP contribution in [0.2, 0.25) is 5.02 Å². The molecule has 0 radical (unpaired) electrons. The number of ether oxygens (including phenoxy) is 1. The van der Waals surface area contributed by atoms with E-state index in [-0.39, 0.29) is 23.5 Å². The van der Waals surface area contributed by atoms with Gasteiger partial charge in [0.25, 0.3) is 5.91 Å². The van der Waals surface area contributed by atoms with Gasteiger partial charge in [-0.1, -0.05) is 17.7 Å². The number of nitrogen functional groups attached to an aromatic ring is 1. The maximum Gasteiger partial charge on any atom is 0.328 e. The van der Waals surface area contributed by atoms with Crippen molar-refractivity contribution in [3.05, 3.63) is 41.9 Å². The van der Waals surface area contributed by atoms with Crippen molar-refractivity contribution in [2.24, 2.45) is 0 Å². The second-order valence-corrected chi connectivity index (χ2v) is 7.47. The summed E-state index contributed by atoms with van der Waals surface area (Å²) < 4.78 is 7.02. The van der Waals surface area contributed by atoms with Crippen LogP contribution < -0.4 is 11.1 Å². The van der Waals surface area contributed by atoms with E-state index >= 15 is 0 Å². The first kappa shape index (κ1) is 21.9. The molecule has 1 aliphatic rings. The number of hydrogen-bond donors (Lipinski definition) is 4. The predicted octanol–water partition coefficient (Wildman–Crippen LogP) is 0.762. The van der Waals surface area contributed by atoms with Gasteiger partial charge in [0, 0.05) is 17.3 Å². The molecule has 5 N–H and O–H groups in total. The number of imidazole rings is 1. The number of benzene rings is 1. The predicted molar refractivity (Wildman–Crippen MR) is 114 cm³/mol. The molecule has 4 atom stereocenters. The number of hydrogen-bond acceptors (Lipinski definition) is 9. The van der Waals surface area contributed by atoms with Crippen LogP contribution in [0.1, 0.15) is 13.2 Å². The van der Waals surface area contributed by atoms with Crippen LogP contribution in [0.3, 0.4) is 0 Å². The van der Waals surface area contributed by atoms with Crippen molar-refractivity contribution in [1.82, 2.24) is 24.4 Å². The average Bonchev–Trinajstić information content (AvgIpc) is 3.31. The third kappa shape index (κ3) is 3.84. The van der Waals surface area contributed by atoms with E-state index in [9.17, 15) is 19.8 Å². The monoisotopic (exact) mass is 461 g/mol. The number of anilines is 2. The Morgan fingerprint density at radius 1 is 1.28 bits per heavy atom. The van der Waals surface area contributed by atoms with E-state index < -0.39 is 36.5 Å². The van der Waals surface area contributed by atoms with Gasteiger partial charge in [-0.15, -0.1) is 0 Å². The van der Waals surface area contributed by atoms with E-state index in [0.717, 1.165) is 4.90 Å². The molecule has 32 heavy (non-hydrogen) atoms. The number of urea groups is 1. The minimum Gasteiger partial charge on any atom is -0.387 e. The van der Waals surface area contributed by atoms with Crippen LogP contribution in [0.25, 0.3) is 11.2 Å². The van der Waals surface area contributed by atoms with Crippen molar-refractivity contribution in [1.29, 1.82) is 0 Å². The standard InChI is InChI=1S/C19H20ClN7O5/c1-2-26(19(31)25-10-5-3-4-9(20)6-10)17(30)14-12(28)13(29)18(32-14)27-8-24-11-15(21)22-7-23-16(11)27/h3-8,12-14,18,28-29H,2H2,1H3,(H,25,31)(H2,21,22,23)/t12-,13+,14-,18+/m0/s1. The van der Waals surface area contributed by atoms with E-state index in [0.29, 0.717) is 10.7 Å². The summed E-state index contributed by atoms with van der Waals surface area (Å²) in [7, 11) is 0. The summed E-state index contributed by atoms with van der Waals surface area (Å²) >= 11 is 5.92. The fraction of sp³-hybridized carbons (Fsp3) is 0.316. The van der Waals surface area contributed by atoms with Crippen LogP contribution in [-0.4, -0.2) is 71.4 Å². The van der Waals surface area contributed by atoms with Gasteiger partial charge in [-0.05, 0) is 25.1 Å². The molecule has 0 spiro atoms. The third-order valence-electron chi connectivity index (χ3n) is 5.05. The van der Waals surface area contributed by atoms with Gasteiger partial charge in [-0.3, -0.25) is 14.3 Å². The quantitative estimate of drug-likeness (QED) is 0.438. The second kappa shape index (κ2) is 8.67. The number of halogens is 1. The van der Waals surface area contributed by atoms with Crippen molar-refractivity contribution in [3.63, 3.8) is 0 Å². The maximum atomic E-state index is 13.0. The zero-order valence-corrected chi connectivity index (χ0v) is 17.5. The first-order valence-corrected chi connectivity index (χ1v) is 10.0. The molecule has 4 rings (SSSR count). The van der Waals surface area contributed by atoms with E-state index in [2.05, 4.69) is 20.3 Å². The fourth-order valence-electron chi connectivity index (χ4n) is 3.46.